The zero-order valence-corrected chi connectivity index (χ0v) is 14.1. The molecule has 1 amide bonds. The van der Waals surface area contributed by atoms with Gasteiger partial charge in [0.05, 0.1) is 5.60 Å². The number of rotatable bonds is 5. The predicted molar refractivity (Wildman–Crippen MR) is 95.5 cm³/mol. The number of benzene rings is 2. The number of piperidine rings is 1. The van der Waals surface area contributed by atoms with Crippen LogP contribution in [0.1, 0.15) is 24.0 Å². The molecule has 2 aromatic rings. The number of aliphatic hydroxyl groups is 2. The molecular formula is C20H24N2O3. The first kappa shape index (κ1) is 17.6. The predicted octanol–water partition coefficient (Wildman–Crippen LogP) is 1.34. The molecule has 4 N–H and O–H groups in total. The van der Waals surface area contributed by atoms with Crippen LogP contribution in [0, 0.1) is 0 Å². The van der Waals surface area contributed by atoms with Crippen LogP contribution >= 0.6 is 0 Å². The first-order valence-corrected chi connectivity index (χ1v) is 8.52. The lowest BCUT2D eigenvalue weighted by molar-refractivity contribution is -0.141. The van der Waals surface area contributed by atoms with Gasteiger partial charge in [0, 0.05) is 19.6 Å². The number of hydrogen-bond acceptors (Lipinski definition) is 4. The van der Waals surface area contributed by atoms with E-state index >= 15 is 0 Å². The monoisotopic (exact) mass is 340 g/mol. The Morgan fingerprint density at radius 3 is 2.08 bits per heavy atom. The van der Waals surface area contributed by atoms with Crippen LogP contribution in [0.4, 0.5) is 0 Å². The maximum Gasteiger partial charge on any atom is 0.255 e. The van der Waals surface area contributed by atoms with E-state index in [1.807, 2.05) is 41.3 Å². The summed E-state index contributed by atoms with van der Waals surface area (Å²) >= 11 is 0. The van der Waals surface area contributed by atoms with Crippen LogP contribution in [0.3, 0.4) is 0 Å². The molecule has 25 heavy (non-hydrogen) atoms. The molecule has 1 atom stereocenters. The zero-order valence-electron chi connectivity index (χ0n) is 14.1. The molecule has 0 saturated carbocycles. The maximum atomic E-state index is 11.9. The molecular weight excluding hydrogens is 316 g/mol. The van der Waals surface area contributed by atoms with Crippen LogP contribution in [-0.2, 0) is 16.0 Å². The highest BCUT2D eigenvalue weighted by molar-refractivity contribution is 5.85. The average molecular weight is 340 g/mol. The van der Waals surface area contributed by atoms with E-state index in [0.29, 0.717) is 31.5 Å². The van der Waals surface area contributed by atoms with E-state index in [2.05, 4.69) is 0 Å². The fourth-order valence-electron chi connectivity index (χ4n) is 3.47. The van der Waals surface area contributed by atoms with Crippen LogP contribution in [-0.4, -0.2) is 40.7 Å². The number of carbonyl (C=O) groups excluding carboxylic acids is 1. The quantitative estimate of drug-likeness (QED) is 0.767. The van der Waals surface area contributed by atoms with Crippen molar-refractivity contribution in [1.29, 1.82) is 0 Å². The van der Waals surface area contributed by atoms with E-state index in [9.17, 15) is 15.0 Å². The summed E-state index contributed by atoms with van der Waals surface area (Å²) in [6.07, 6.45) is 1.08. The first-order valence-electron chi connectivity index (χ1n) is 8.52. The number of hydrogen-bond donors (Lipinski definition) is 3. The van der Waals surface area contributed by atoms with Gasteiger partial charge in [-0.25, -0.2) is 0 Å². The van der Waals surface area contributed by atoms with Crippen LogP contribution in [0.2, 0.25) is 0 Å². The lowest BCUT2D eigenvalue weighted by Gasteiger charge is -2.41. The summed E-state index contributed by atoms with van der Waals surface area (Å²) in [5.74, 6) is -0.761. The fraction of sp³-hybridized carbons (Fsp3) is 0.350. The fourth-order valence-corrected chi connectivity index (χ4v) is 3.47. The van der Waals surface area contributed by atoms with E-state index in [4.69, 9.17) is 5.73 Å². The summed E-state index contributed by atoms with van der Waals surface area (Å²) in [5, 5.41) is 21.8. The molecule has 0 bridgehead atoms. The average Bonchev–Trinajstić information content (AvgIpc) is 2.65. The summed E-state index contributed by atoms with van der Waals surface area (Å²) < 4.78 is 0. The second-order valence-corrected chi connectivity index (χ2v) is 6.76. The van der Waals surface area contributed by atoms with Gasteiger partial charge in [-0.2, -0.15) is 0 Å². The van der Waals surface area contributed by atoms with Gasteiger partial charge in [0.1, 0.15) is 0 Å². The highest BCUT2D eigenvalue weighted by atomic mass is 16.3. The van der Waals surface area contributed by atoms with Crippen LogP contribution in [0.5, 0.6) is 0 Å². The van der Waals surface area contributed by atoms with Crippen molar-refractivity contribution in [2.45, 2.75) is 24.0 Å². The normalized spacial score (nSPS) is 19.9. The number of primary amides is 1. The Bertz CT molecular complexity index is 712. The molecule has 1 unspecified atom stereocenters. The van der Waals surface area contributed by atoms with Crippen molar-refractivity contribution in [3.63, 3.8) is 0 Å². The summed E-state index contributed by atoms with van der Waals surface area (Å²) in [7, 11) is 0. The lowest BCUT2D eigenvalue weighted by atomic mass is 9.83. The highest BCUT2D eigenvalue weighted by Crippen LogP contribution is 2.34. The van der Waals surface area contributed by atoms with Gasteiger partial charge in [0.15, 0.2) is 5.60 Å². The van der Waals surface area contributed by atoms with Gasteiger partial charge >= 0.3 is 0 Å². The van der Waals surface area contributed by atoms with Crippen molar-refractivity contribution >= 4 is 5.91 Å². The highest BCUT2D eigenvalue weighted by Gasteiger charge is 2.41. The number of carbonyl (C=O) groups is 1. The van der Waals surface area contributed by atoms with Gasteiger partial charge in [-0.1, -0.05) is 60.7 Å². The topological polar surface area (TPSA) is 86.8 Å². The van der Waals surface area contributed by atoms with E-state index in [0.717, 1.165) is 5.56 Å². The molecule has 0 spiro atoms. The van der Waals surface area contributed by atoms with Crippen molar-refractivity contribution in [3.8, 4) is 0 Å². The maximum absolute atomic E-state index is 11.9. The Morgan fingerprint density at radius 2 is 1.56 bits per heavy atom. The molecule has 3 rings (SSSR count). The van der Waals surface area contributed by atoms with Crippen LogP contribution in [0.15, 0.2) is 60.7 Å². The van der Waals surface area contributed by atoms with Gasteiger partial charge in [-0.15, -0.1) is 0 Å². The molecule has 1 fully saturated rings. The molecule has 0 aliphatic carbocycles. The Kier molecular flexibility index (Phi) is 4.90. The van der Waals surface area contributed by atoms with E-state index in [1.54, 1.807) is 24.3 Å². The molecule has 1 aliphatic heterocycles. The van der Waals surface area contributed by atoms with Crippen LogP contribution in [0.25, 0.3) is 0 Å². The van der Waals surface area contributed by atoms with E-state index in [1.165, 1.54) is 0 Å². The Hall–Kier alpha value is -2.21. The van der Waals surface area contributed by atoms with Gasteiger partial charge in [-0.05, 0) is 24.0 Å². The number of nitrogens with two attached hydrogens (primary N) is 1. The minimum atomic E-state index is -1.73. The molecule has 0 aromatic heterocycles. The third-order valence-corrected chi connectivity index (χ3v) is 5.11. The third kappa shape index (κ3) is 3.58. The molecule has 1 saturated heterocycles. The van der Waals surface area contributed by atoms with E-state index < -0.39 is 17.1 Å². The summed E-state index contributed by atoms with van der Waals surface area (Å²) in [5.41, 5.74) is 4.30. The van der Waals surface area contributed by atoms with Crippen molar-refractivity contribution < 1.29 is 15.0 Å². The smallest absolute Gasteiger partial charge is 0.255 e. The number of likely N-dealkylation sites (tertiary alicyclic amines) is 1. The standard InChI is InChI=1S/C20H24N2O3/c21-18(23)20(25,17-9-5-2-6-10-17)15-22-13-11-19(24,12-14-22)16-7-3-1-4-8-16/h1-10,24-25H,11-15H2,(H2,21,23). The molecule has 2 aromatic carbocycles. The van der Waals surface area contributed by atoms with Crippen molar-refractivity contribution in [3.05, 3.63) is 71.8 Å². The Morgan fingerprint density at radius 1 is 1.04 bits per heavy atom. The summed E-state index contributed by atoms with van der Waals surface area (Å²) in [6, 6.07) is 18.4. The molecule has 5 heteroatoms. The van der Waals surface area contributed by atoms with Crippen molar-refractivity contribution in [2.24, 2.45) is 5.73 Å². The largest absolute Gasteiger partial charge is 0.385 e. The second kappa shape index (κ2) is 6.96. The summed E-state index contributed by atoms with van der Waals surface area (Å²) in [6.45, 7) is 1.28. The lowest BCUT2D eigenvalue weighted by Crippen LogP contribution is -2.53. The Balaban J connectivity index is 1.71. The SMILES string of the molecule is NC(=O)C(O)(CN1CCC(O)(c2ccccc2)CC1)c1ccccc1. The van der Waals surface area contributed by atoms with E-state index in [-0.39, 0.29) is 6.54 Å². The molecule has 1 aliphatic rings. The minimum Gasteiger partial charge on any atom is -0.385 e. The minimum absolute atomic E-state index is 0.122. The van der Waals surface area contributed by atoms with Gasteiger partial charge in [0.25, 0.3) is 5.91 Å². The third-order valence-electron chi connectivity index (χ3n) is 5.11. The first-order chi connectivity index (χ1) is 11.9. The van der Waals surface area contributed by atoms with Crippen LogP contribution < -0.4 is 5.73 Å². The van der Waals surface area contributed by atoms with Gasteiger partial charge < -0.3 is 15.9 Å². The Labute approximate surface area is 147 Å². The number of nitrogens with zero attached hydrogens (tertiary/aromatic N) is 1. The zero-order chi connectivity index (χ0) is 17.9. The molecule has 5 nitrogen and oxygen atoms in total. The number of β-amino-alcohol motifs (C(OH)–C–C–N with tert-alkyl or cyclic N) is 1. The number of amides is 1. The van der Waals surface area contributed by atoms with Gasteiger partial charge in [-0.3, -0.25) is 9.69 Å². The molecule has 132 valence electrons. The van der Waals surface area contributed by atoms with Crippen molar-refractivity contribution in [2.75, 3.05) is 19.6 Å². The van der Waals surface area contributed by atoms with Gasteiger partial charge in [0.2, 0.25) is 0 Å². The molecule has 1 heterocycles. The van der Waals surface area contributed by atoms with Crippen molar-refractivity contribution in [1.82, 2.24) is 4.90 Å². The summed E-state index contributed by atoms with van der Waals surface area (Å²) in [4.78, 5) is 13.9. The second-order valence-electron chi connectivity index (χ2n) is 6.76. The molecule has 0 radical (unpaired) electrons.